The van der Waals surface area contributed by atoms with Gasteiger partial charge in [-0.05, 0) is 19.3 Å². The van der Waals surface area contributed by atoms with Crippen LogP contribution in [0.3, 0.4) is 0 Å². The highest BCUT2D eigenvalue weighted by molar-refractivity contribution is 7.86. The van der Waals surface area contributed by atoms with Gasteiger partial charge in [0.1, 0.15) is 18.4 Å². The second kappa shape index (κ2) is 9.14. The van der Waals surface area contributed by atoms with Crippen LogP contribution < -0.4 is 4.57 Å². The standard InChI is InChI=1S/C12H23N2.CHF3O3S/c1-4-6-8-12(7-5-2)14-10-9-13(3)11-14;2-1(3,4)8(5,6)7/h9-12H,4-8H2,1-3H3;(H,5,6,7)/q+1;/p-1. The van der Waals surface area contributed by atoms with Crippen molar-refractivity contribution in [3.05, 3.63) is 18.7 Å². The Morgan fingerprint density at radius 1 is 1.23 bits per heavy atom. The topological polar surface area (TPSA) is 66.0 Å². The van der Waals surface area contributed by atoms with Gasteiger partial charge in [0.2, 0.25) is 6.33 Å². The van der Waals surface area contributed by atoms with Gasteiger partial charge in [-0.2, -0.15) is 13.2 Å². The van der Waals surface area contributed by atoms with Gasteiger partial charge in [0.15, 0.2) is 10.1 Å². The monoisotopic (exact) mass is 344 g/mol. The molecule has 0 aromatic carbocycles. The normalized spacial score (nSPS) is 13.4. The summed E-state index contributed by atoms with van der Waals surface area (Å²) in [5, 5.41) is 0. The van der Waals surface area contributed by atoms with E-state index in [9.17, 15) is 13.2 Å². The van der Waals surface area contributed by atoms with Crippen molar-refractivity contribution in [1.82, 2.24) is 4.57 Å². The van der Waals surface area contributed by atoms with E-state index in [2.05, 4.69) is 48.8 Å². The van der Waals surface area contributed by atoms with Gasteiger partial charge in [-0.3, -0.25) is 0 Å². The van der Waals surface area contributed by atoms with Gasteiger partial charge in [-0.1, -0.05) is 26.7 Å². The molecule has 0 aliphatic heterocycles. The van der Waals surface area contributed by atoms with Crippen LogP contribution >= 0.6 is 0 Å². The average molecular weight is 344 g/mol. The maximum Gasteiger partial charge on any atom is 0.485 e. The number of hydrogen-bond acceptors (Lipinski definition) is 3. The molecule has 1 aromatic rings. The summed E-state index contributed by atoms with van der Waals surface area (Å²) in [5.74, 6) is 0. The number of alkyl halides is 3. The fourth-order valence-corrected chi connectivity index (χ4v) is 1.90. The maximum atomic E-state index is 10.7. The minimum absolute atomic E-state index is 0.709. The lowest BCUT2D eigenvalue weighted by Crippen LogP contribution is -2.24. The molecule has 0 bridgehead atoms. The minimum atomic E-state index is -6.09. The quantitative estimate of drug-likeness (QED) is 0.453. The van der Waals surface area contributed by atoms with Crippen LogP contribution in [0.5, 0.6) is 0 Å². The Morgan fingerprint density at radius 2 is 1.77 bits per heavy atom. The fraction of sp³-hybridized carbons (Fsp3) is 0.769. The van der Waals surface area contributed by atoms with E-state index in [0.717, 1.165) is 0 Å². The molecule has 1 aromatic heterocycles. The van der Waals surface area contributed by atoms with E-state index >= 15 is 0 Å². The molecule has 22 heavy (non-hydrogen) atoms. The Balaban J connectivity index is 0.000000472. The van der Waals surface area contributed by atoms with Crippen molar-refractivity contribution in [3.8, 4) is 0 Å². The van der Waals surface area contributed by atoms with Crippen molar-refractivity contribution in [2.24, 2.45) is 7.05 Å². The predicted octanol–water partition coefficient (Wildman–Crippen LogP) is 2.90. The van der Waals surface area contributed by atoms with Crippen LogP contribution in [-0.2, 0) is 17.2 Å². The van der Waals surface area contributed by atoms with Crippen molar-refractivity contribution in [2.45, 2.75) is 57.5 Å². The zero-order chi connectivity index (χ0) is 17.4. The first-order chi connectivity index (χ1) is 10.0. The molecule has 5 nitrogen and oxygen atoms in total. The molecule has 0 amide bonds. The number of hydrogen-bond donors (Lipinski definition) is 0. The van der Waals surface area contributed by atoms with Gasteiger partial charge >= 0.3 is 5.51 Å². The Morgan fingerprint density at radius 3 is 2.09 bits per heavy atom. The van der Waals surface area contributed by atoms with E-state index in [-0.39, 0.29) is 0 Å². The molecule has 0 radical (unpaired) electrons. The van der Waals surface area contributed by atoms with E-state index in [1.165, 1.54) is 32.1 Å². The molecule has 0 saturated carbocycles. The average Bonchev–Trinajstić information content (AvgIpc) is 2.79. The molecule has 0 spiro atoms. The van der Waals surface area contributed by atoms with Crippen molar-refractivity contribution >= 4 is 10.1 Å². The summed E-state index contributed by atoms with van der Waals surface area (Å²) >= 11 is 0. The Hall–Kier alpha value is -1.09. The Bertz CT molecular complexity index is 527. The van der Waals surface area contributed by atoms with Crippen LogP contribution in [-0.4, -0.2) is 23.0 Å². The summed E-state index contributed by atoms with van der Waals surface area (Å²) < 4.78 is 63.4. The predicted molar refractivity (Wildman–Crippen MR) is 74.8 cm³/mol. The fourth-order valence-electron chi connectivity index (χ4n) is 1.90. The molecule has 1 rings (SSSR count). The highest BCUT2D eigenvalue weighted by atomic mass is 32.2. The van der Waals surface area contributed by atoms with Gasteiger partial charge in [0, 0.05) is 0 Å². The zero-order valence-electron chi connectivity index (χ0n) is 13.0. The van der Waals surface area contributed by atoms with E-state index < -0.39 is 15.6 Å². The molecule has 0 aliphatic rings. The molecular formula is C13H23F3N2O3S. The first kappa shape index (κ1) is 20.9. The van der Waals surface area contributed by atoms with Crippen molar-refractivity contribution in [2.75, 3.05) is 0 Å². The van der Waals surface area contributed by atoms with Crippen LogP contribution in [0.2, 0.25) is 0 Å². The molecule has 1 atom stereocenters. The van der Waals surface area contributed by atoms with Crippen LogP contribution in [0, 0.1) is 0 Å². The Kier molecular flexibility index (Phi) is 8.69. The summed E-state index contributed by atoms with van der Waals surface area (Å²) in [6, 6.07) is 0.709. The van der Waals surface area contributed by atoms with E-state index in [1.807, 2.05) is 0 Å². The van der Waals surface area contributed by atoms with Crippen LogP contribution in [0.25, 0.3) is 0 Å². The minimum Gasteiger partial charge on any atom is -0.741 e. The lowest BCUT2D eigenvalue weighted by Gasteiger charge is -2.11. The van der Waals surface area contributed by atoms with Crippen molar-refractivity contribution < 1.29 is 30.7 Å². The van der Waals surface area contributed by atoms with Gasteiger partial charge in [-0.15, -0.1) is 0 Å². The number of imidazole rings is 1. The number of nitrogens with zero attached hydrogens (tertiary/aromatic N) is 2. The van der Waals surface area contributed by atoms with Crippen molar-refractivity contribution in [3.63, 3.8) is 0 Å². The largest absolute Gasteiger partial charge is 0.741 e. The second-order valence-electron chi connectivity index (χ2n) is 5.01. The van der Waals surface area contributed by atoms with Gasteiger partial charge in [-0.25, -0.2) is 17.6 Å². The number of halogens is 3. The maximum absolute atomic E-state index is 10.7. The molecular weight excluding hydrogens is 321 g/mol. The molecule has 1 heterocycles. The first-order valence-electron chi connectivity index (χ1n) is 7.07. The molecule has 0 aliphatic carbocycles. The smallest absolute Gasteiger partial charge is 0.485 e. The summed E-state index contributed by atoms with van der Waals surface area (Å²) in [7, 11) is -4.01. The highest BCUT2D eigenvalue weighted by Gasteiger charge is 2.36. The third-order valence-electron chi connectivity index (χ3n) is 3.01. The zero-order valence-corrected chi connectivity index (χ0v) is 13.8. The SMILES string of the molecule is CCCCC(CCC)n1cc[n+](C)c1.O=S(=O)([O-])C(F)(F)F. The van der Waals surface area contributed by atoms with E-state index in [0.29, 0.717) is 6.04 Å². The van der Waals surface area contributed by atoms with E-state index in [1.54, 1.807) is 0 Å². The van der Waals surface area contributed by atoms with Crippen LogP contribution in [0.4, 0.5) is 13.2 Å². The van der Waals surface area contributed by atoms with Gasteiger partial charge < -0.3 is 4.55 Å². The molecule has 0 saturated heterocycles. The lowest BCUT2D eigenvalue weighted by molar-refractivity contribution is -0.671. The van der Waals surface area contributed by atoms with Crippen LogP contribution in [0.1, 0.15) is 52.0 Å². The van der Waals surface area contributed by atoms with Gasteiger partial charge in [0.05, 0.1) is 7.05 Å². The van der Waals surface area contributed by atoms with Crippen molar-refractivity contribution in [1.29, 1.82) is 0 Å². The second-order valence-corrected chi connectivity index (χ2v) is 6.38. The third-order valence-corrected chi connectivity index (χ3v) is 3.57. The number of aromatic nitrogens is 2. The summed E-state index contributed by atoms with van der Waals surface area (Å²) in [4.78, 5) is 0. The third kappa shape index (κ3) is 7.79. The molecule has 1 unspecified atom stereocenters. The Labute approximate surface area is 129 Å². The lowest BCUT2D eigenvalue weighted by atomic mass is 10.1. The number of rotatable bonds is 6. The highest BCUT2D eigenvalue weighted by Crippen LogP contribution is 2.20. The molecule has 9 heteroatoms. The number of aryl methyl sites for hydroxylation is 1. The molecule has 0 fully saturated rings. The van der Waals surface area contributed by atoms with Gasteiger partial charge in [0.25, 0.3) is 0 Å². The van der Waals surface area contributed by atoms with E-state index in [4.69, 9.17) is 13.0 Å². The molecule has 0 N–H and O–H groups in total. The molecule has 130 valence electrons. The summed E-state index contributed by atoms with van der Waals surface area (Å²) in [6.07, 6.45) is 13.0. The first-order valence-corrected chi connectivity index (χ1v) is 8.48. The van der Waals surface area contributed by atoms with Crippen LogP contribution in [0.15, 0.2) is 18.7 Å². The summed E-state index contributed by atoms with van der Waals surface area (Å²) in [5.41, 5.74) is -5.65. The number of unbranched alkanes of at least 4 members (excludes halogenated alkanes) is 1. The summed E-state index contributed by atoms with van der Waals surface area (Å²) in [6.45, 7) is 4.53.